The van der Waals surface area contributed by atoms with Crippen LogP contribution in [0.3, 0.4) is 0 Å². The predicted molar refractivity (Wildman–Crippen MR) is 152 cm³/mol. The average molecular weight is 519 g/mol. The lowest BCUT2D eigenvalue weighted by Crippen LogP contribution is -2.49. The van der Waals surface area contributed by atoms with Gasteiger partial charge < -0.3 is 10.4 Å². The summed E-state index contributed by atoms with van der Waals surface area (Å²) in [4.78, 5) is 39.5. The number of benzene rings is 4. The molecule has 0 aliphatic heterocycles. The summed E-state index contributed by atoms with van der Waals surface area (Å²) in [6.07, 6.45) is 0.611. The van der Waals surface area contributed by atoms with Crippen LogP contribution in [0.15, 0.2) is 97.1 Å². The van der Waals surface area contributed by atoms with Gasteiger partial charge in [0.2, 0.25) is 0 Å². The molecule has 0 bridgehead atoms. The Morgan fingerprint density at radius 3 is 2.26 bits per heavy atom. The minimum atomic E-state index is -1.03. The molecule has 4 rings (SSSR count). The van der Waals surface area contributed by atoms with Crippen molar-refractivity contribution in [3.63, 3.8) is 0 Å². The van der Waals surface area contributed by atoms with E-state index in [4.69, 9.17) is 0 Å². The largest absolute Gasteiger partial charge is 0.481 e. The van der Waals surface area contributed by atoms with E-state index in [2.05, 4.69) is 17.2 Å². The van der Waals surface area contributed by atoms with Crippen LogP contribution in [0.5, 0.6) is 0 Å². The Hall–Kier alpha value is -4.89. The highest BCUT2D eigenvalue weighted by atomic mass is 16.4. The third-order valence-corrected chi connectivity index (χ3v) is 6.22. The van der Waals surface area contributed by atoms with Gasteiger partial charge in [-0.15, -0.1) is 0 Å². The summed E-state index contributed by atoms with van der Waals surface area (Å²) in [7, 11) is 0. The monoisotopic (exact) mass is 518 g/mol. The number of carbonyl (C=O) groups excluding carboxylic acids is 2. The molecule has 6 nitrogen and oxygen atoms in total. The highest BCUT2D eigenvalue weighted by Gasteiger charge is 2.26. The van der Waals surface area contributed by atoms with Gasteiger partial charge in [-0.2, -0.15) is 0 Å². The fourth-order valence-electron chi connectivity index (χ4n) is 4.36. The first-order valence-electron chi connectivity index (χ1n) is 12.9. The minimum Gasteiger partial charge on any atom is -0.481 e. The number of nitrogens with zero attached hydrogens (tertiary/aromatic N) is 1. The van der Waals surface area contributed by atoms with Crippen molar-refractivity contribution in [3.05, 3.63) is 119 Å². The predicted octanol–water partition coefficient (Wildman–Crippen LogP) is 5.89. The van der Waals surface area contributed by atoms with Crippen molar-refractivity contribution in [3.8, 4) is 11.8 Å². The Balaban J connectivity index is 1.51. The van der Waals surface area contributed by atoms with E-state index < -0.39 is 23.9 Å². The second-order valence-electron chi connectivity index (χ2n) is 9.28. The number of rotatable bonds is 8. The van der Waals surface area contributed by atoms with E-state index in [9.17, 15) is 19.5 Å². The molecule has 1 atom stereocenters. The molecule has 0 aliphatic carbocycles. The Labute approximate surface area is 228 Å². The number of aliphatic carboxylic acids is 1. The molecule has 4 aromatic carbocycles. The lowest BCUT2D eigenvalue weighted by Gasteiger charge is -2.25. The Morgan fingerprint density at radius 1 is 0.821 bits per heavy atom. The molecule has 0 saturated heterocycles. The molecule has 3 amide bonds. The Morgan fingerprint density at radius 2 is 1.51 bits per heavy atom. The summed E-state index contributed by atoms with van der Waals surface area (Å²) in [6.45, 7) is 2.07. The summed E-state index contributed by atoms with van der Waals surface area (Å²) in [5.41, 5.74) is 2.75. The first-order valence-corrected chi connectivity index (χ1v) is 12.9. The number of fused-ring (bicyclic) bond motifs is 1. The molecule has 0 aromatic heterocycles. The van der Waals surface area contributed by atoms with Crippen LogP contribution < -0.4 is 5.32 Å². The molecule has 0 fully saturated rings. The van der Waals surface area contributed by atoms with Crippen LogP contribution in [-0.2, 0) is 11.2 Å². The van der Waals surface area contributed by atoms with Gasteiger partial charge in [-0.25, -0.2) is 4.79 Å². The fraction of sp³-hybridized carbons (Fsp3) is 0.182. The zero-order valence-electron chi connectivity index (χ0n) is 21.8. The van der Waals surface area contributed by atoms with Gasteiger partial charge >= 0.3 is 12.0 Å². The third kappa shape index (κ3) is 7.56. The van der Waals surface area contributed by atoms with Crippen molar-refractivity contribution < 1.29 is 19.5 Å². The zero-order valence-corrected chi connectivity index (χ0v) is 21.8. The number of urea groups is 1. The van der Waals surface area contributed by atoms with Crippen LogP contribution in [0.1, 0.15) is 46.8 Å². The number of carbonyl (C=O) groups is 3. The molecule has 0 unspecified atom stereocenters. The van der Waals surface area contributed by atoms with Crippen molar-refractivity contribution in [1.29, 1.82) is 0 Å². The number of amides is 3. The smallest absolute Gasteiger partial charge is 0.324 e. The average Bonchev–Trinajstić information content (AvgIpc) is 2.94. The SMILES string of the molecule is CCCN(C(=O)N[C@H](CC(=O)O)Cc1ccc2ccccc2c1)C(=O)c1cccc(C#Cc2ccccc2)c1. The van der Waals surface area contributed by atoms with Crippen LogP contribution in [0.25, 0.3) is 10.8 Å². The molecule has 39 heavy (non-hydrogen) atoms. The molecule has 0 radical (unpaired) electrons. The molecule has 0 heterocycles. The van der Waals surface area contributed by atoms with E-state index in [0.717, 1.165) is 26.8 Å². The molecule has 6 heteroatoms. The van der Waals surface area contributed by atoms with Crippen LogP contribution in [0.4, 0.5) is 4.79 Å². The van der Waals surface area contributed by atoms with Gasteiger partial charge in [-0.3, -0.25) is 14.5 Å². The molecule has 0 saturated carbocycles. The highest BCUT2D eigenvalue weighted by Crippen LogP contribution is 2.18. The van der Waals surface area contributed by atoms with E-state index in [1.807, 2.05) is 85.8 Å². The van der Waals surface area contributed by atoms with Crippen LogP contribution in [-0.4, -0.2) is 40.5 Å². The molecule has 2 N–H and O–H groups in total. The van der Waals surface area contributed by atoms with E-state index >= 15 is 0 Å². The molecular weight excluding hydrogens is 488 g/mol. The number of hydrogen-bond acceptors (Lipinski definition) is 3. The molecule has 0 aliphatic rings. The summed E-state index contributed by atoms with van der Waals surface area (Å²) < 4.78 is 0. The van der Waals surface area contributed by atoms with Crippen molar-refractivity contribution >= 4 is 28.7 Å². The lowest BCUT2D eigenvalue weighted by molar-refractivity contribution is -0.137. The number of carboxylic acids is 1. The summed E-state index contributed by atoms with van der Waals surface area (Å²) in [6, 6.07) is 28.9. The van der Waals surface area contributed by atoms with Gasteiger partial charge in [-0.1, -0.05) is 85.5 Å². The van der Waals surface area contributed by atoms with Gasteiger partial charge in [0.05, 0.1) is 6.42 Å². The van der Waals surface area contributed by atoms with Gasteiger partial charge in [0, 0.05) is 29.3 Å². The number of nitrogens with one attached hydrogen (secondary N) is 1. The summed E-state index contributed by atoms with van der Waals surface area (Å²) in [5.74, 6) is 4.65. The van der Waals surface area contributed by atoms with E-state index in [1.165, 1.54) is 0 Å². The Bertz CT molecular complexity index is 1540. The number of imide groups is 1. The molecule has 4 aromatic rings. The first kappa shape index (κ1) is 27.2. The Kier molecular flexibility index (Phi) is 9.10. The highest BCUT2D eigenvalue weighted by molar-refractivity contribution is 6.04. The van der Waals surface area contributed by atoms with Crippen molar-refractivity contribution in [1.82, 2.24) is 10.2 Å². The molecule has 196 valence electrons. The summed E-state index contributed by atoms with van der Waals surface area (Å²) >= 11 is 0. The van der Waals surface area contributed by atoms with Crippen LogP contribution >= 0.6 is 0 Å². The van der Waals surface area contributed by atoms with Crippen LogP contribution in [0, 0.1) is 11.8 Å². The number of carboxylic acid groups (broad SMARTS) is 1. The standard InChI is InChI=1S/C33H30N2O4/c1-2-19-35(32(38)29-14-8-11-25(20-29)16-15-24-9-4-3-5-10-24)33(39)34-30(23-31(36)37)22-26-17-18-27-12-6-7-13-28(27)21-26/h3-14,17-18,20-21,30H,2,19,22-23H2,1H3,(H,34,39)(H,36,37)/t30-/m0/s1. The maximum atomic E-state index is 13.4. The second-order valence-corrected chi connectivity index (χ2v) is 9.28. The maximum absolute atomic E-state index is 13.4. The topological polar surface area (TPSA) is 86.7 Å². The first-order chi connectivity index (χ1) is 18.9. The molecule has 0 spiro atoms. The second kappa shape index (κ2) is 13.1. The van der Waals surface area contributed by atoms with Gasteiger partial charge in [0.1, 0.15) is 0 Å². The maximum Gasteiger partial charge on any atom is 0.324 e. The summed E-state index contributed by atoms with van der Waals surface area (Å²) in [5, 5.41) is 14.4. The van der Waals surface area contributed by atoms with E-state index in [1.54, 1.807) is 18.2 Å². The van der Waals surface area contributed by atoms with Crippen molar-refractivity contribution in [2.75, 3.05) is 6.54 Å². The van der Waals surface area contributed by atoms with Crippen molar-refractivity contribution in [2.24, 2.45) is 0 Å². The van der Waals surface area contributed by atoms with Gasteiger partial charge in [-0.05, 0) is 59.5 Å². The van der Waals surface area contributed by atoms with Gasteiger partial charge in [0.25, 0.3) is 5.91 Å². The third-order valence-electron chi connectivity index (χ3n) is 6.22. The zero-order chi connectivity index (χ0) is 27.6. The lowest BCUT2D eigenvalue weighted by atomic mass is 10.00. The van der Waals surface area contributed by atoms with Crippen molar-refractivity contribution in [2.45, 2.75) is 32.2 Å². The van der Waals surface area contributed by atoms with E-state index in [-0.39, 0.29) is 13.0 Å². The quantitative estimate of drug-likeness (QED) is 0.285. The molecular formula is C33H30N2O4. The fourth-order valence-corrected chi connectivity index (χ4v) is 4.36. The van der Waals surface area contributed by atoms with E-state index in [0.29, 0.717) is 24.0 Å². The normalized spacial score (nSPS) is 11.2. The van der Waals surface area contributed by atoms with Gasteiger partial charge in [0.15, 0.2) is 0 Å². The number of hydrogen-bond donors (Lipinski definition) is 2. The minimum absolute atomic E-state index is 0.195. The van der Waals surface area contributed by atoms with Crippen LogP contribution in [0.2, 0.25) is 0 Å².